The van der Waals surface area contributed by atoms with Gasteiger partial charge in [-0.2, -0.15) is 0 Å². The van der Waals surface area contributed by atoms with Crippen LogP contribution in [0.1, 0.15) is 5.56 Å². The molecule has 1 aliphatic rings. The number of fused-ring (bicyclic) bond motifs is 1. The van der Waals surface area contributed by atoms with Crippen molar-refractivity contribution in [3.8, 4) is 5.75 Å². The van der Waals surface area contributed by atoms with Crippen LogP contribution in [0.2, 0.25) is 5.02 Å². The molecule has 0 aliphatic carbocycles. The number of nitrogen functional groups attached to an aromatic ring is 1. The van der Waals surface area contributed by atoms with Gasteiger partial charge in [0.25, 0.3) is 0 Å². The lowest BCUT2D eigenvalue weighted by molar-refractivity contribution is 0.258. The van der Waals surface area contributed by atoms with Crippen LogP contribution in [0.15, 0.2) is 41.3 Å². The quantitative estimate of drug-likeness (QED) is 0.882. The Kier molecular flexibility index (Phi) is 3.87. The second-order valence-electron chi connectivity index (χ2n) is 4.90. The average Bonchev–Trinajstić information content (AvgIpc) is 2.82. The van der Waals surface area contributed by atoms with Gasteiger partial charge in [-0.25, -0.2) is 4.39 Å². The third-order valence-electron chi connectivity index (χ3n) is 3.30. The van der Waals surface area contributed by atoms with Crippen molar-refractivity contribution in [2.45, 2.75) is 17.4 Å². The van der Waals surface area contributed by atoms with E-state index in [0.29, 0.717) is 33.5 Å². The molecule has 0 saturated carbocycles. The molecule has 0 radical (unpaired) electrons. The highest BCUT2D eigenvalue weighted by atomic mass is 35.5. The zero-order valence-corrected chi connectivity index (χ0v) is 12.6. The van der Waals surface area contributed by atoms with Crippen LogP contribution in [-0.2, 0) is 17.2 Å². The fourth-order valence-electron chi connectivity index (χ4n) is 2.34. The van der Waals surface area contributed by atoms with Gasteiger partial charge < -0.3 is 10.5 Å². The second kappa shape index (κ2) is 5.66. The summed E-state index contributed by atoms with van der Waals surface area (Å²) in [5, 5.41) is 0.420. The first kappa shape index (κ1) is 14.4. The van der Waals surface area contributed by atoms with Crippen molar-refractivity contribution in [1.29, 1.82) is 0 Å². The van der Waals surface area contributed by atoms with Gasteiger partial charge >= 0.3 is 0 Å². The van der Waals surface area contributed by atoms with Crippen LogP contribution in [0.5, 0.6) is 5.75 Å². The van der Waals surface area contributed by atoms with Crippen molar-refractivity contribution >= 4 is 28.1 Å². The maximum Gasteiger partial charge on any atom is 0.123 e. The molecule has 6 heteroatoms. The van der Waals surface area contributed by atoms with Crippen LogP contribution in [0.25, 0.3) is 0 Å². The molecule has 0 bridgehead atoms. The minimum atomic E-state index is -1.32. The fourth-order valence-corrected chi connectivity index (χ4v) is 3.97. The highest BCUT2D eigenvalue weighted by Crippen LogP contribution is 2.31. The Balaban J connectivity index is 1.74. The summed E-state index contributed by atoms with van der Waals surface area (Å²) in [5.74, 6) is 0.648. The standard InChI is InChI=1S/C15H13ClFNO2S/c16-13-3-2-11(18)7-15(13)21(19)8-12-6-9-5-10(17)1-4-14(9)20-12/h1-5,7,12H,6,8,18H2. The third-order valence-corrected chi connectivity index (χ3v) is 5.25. The number of nitrogens with two attached hydrogens (primary N) is 1. The molecule has 0 saturated heterocycles. The van der Waals surface area contributed by atoms with Gasteiger partial charge in [0.2, 0.25) is 0 Å². The summed E-state index contributed by atoms with van der Waals surface area (Å²) >= 11 is 6.05. The zero-order chi connectivity index (χ0) is 15.0. The van der Waals surface area contributed by atoms with Crippen LogP contribution >= 0.6 is 11.6 Å². The van der Waals surface area contributed by atoms with Crippen molar-refractivity contribution in [3.63, 3.8) is 0 Å². The van der Waals surface area contributed by atoms with Gasteiger partial charge in [-0.1, -0.05) is 11.6 Å². The van der Waals surface area contributed by atoms with E-state index in [1.165, 1.54) is 12.1 Å². The summed E-state index contributed by atoms with van der Waals surface area (Å²) < 4.78 is 31.3. The van der Waals surface area contributed by atoms with Gasteiger partial charge in [0.15, 0.2) is 0 Å². The first-order chi connectivity index (χ1) is 10.0. The molecule has 0 amide bonds. The Morgan fingerprint density at radius 1 is 1.33 bits per heavy atom. The van der Waals surface area contributed by atoms with Gasteiger partial charge in [0, 0.05) is 17.7 Å². The molecule has 1 heterocycles. The van der Waals surface area contributed by atoms with E-state index < -0.39 is 10.8 Å². The molecule has 2 atom stereocenters. The Bertz CT molecular complexity index is 723. The highest BCUT2D eigenvalue weighted by Gasteiger charge is 2.26. The average molecular weight is 326 g/mol. The Morgan fingerprint density at radius 3 is 2.95 bits per heavy atom. The Morgan fingerprint density at radius 2 is 2.14 bits per heavy atom. The van der Waals surface area contributed by atoms with Crippen LogP contribution in [0.3, 0.4) is 0 Å². The second-order valence-corrected chi connectivity index (χ2v) is 6.77. The first-order valence-electron chi connectivity index (χ1n) is 6.41. The van der Waals surface area contributed by atoms with E-state index in [2.05, 4.69) is 0 Å². The van der Waals surface area contributed by atoms with Crippen LogP contribution in [0.4, 0.5) is 10.1 Å². The van der Waals surface area contributed by atoms with E-state index in [4.69, 9.17) is 22.1 Å². The predicted octanol–water partition coefficient (Wildman–Crippen LogP) is 3.17. The summed E-state index contributed by atoms with van der Waals surface area (Å²) in [5.41, 5.74) is 7.01. The molecule has 21 heavy (non-hydrogen) atoms. The monoisotopic (exact) mass is 325 g/mol. The fraction of sp³-hybridized carbons (Fsp3) is 0.200. The minimum absolute atomic E-state index is 0.250. The molecule has 3 nitrogen and oxygen atoms in total. The van der Waals surface area contributed by atoms with E-state index in [0.717, 1.165) is 5.56 Å². The SMILES string of the molecule is Nc1ccc(Cl)c(S(=O)CC2Cc3cc(F)ccc3O2)c1. The maximum atomic E-state index is 13.2. The molecule has 1 aliphatic heterocycles. The van der Waals surface area contributed by atoms with E-state index >= 15 is 0 Å². The lowest BCUT2D eigenvalue weighted by Gasteiger charge is -2.11. The van der Waals surface area contributed by atoms with Crippen molar-refractivity contribution in [1.82, 2.24) is 0 Å². The Labute approximate surface area is 129 Å². The van der Waals surface area contributed by atoms with Gasteiger partial charge in [0.1, 0.15) is 17.7 Å². The number of ether oxygens (including phenoxy) is 1. The number of halogens is 2. The van der Waals surface area contributed by atoms with Crippen LogP contribution in [-0.4, -0.2) is 16.1 Å². The number of benzene rings is 2. The van der Waals surface area contributed by atoms with Gasteiger partial charge in [-0.3, -0.25) is 4.21 Å². The molecule has 110 valence electrons. The third kappa shape index (κ3) is 3.04. The van der Waals surface area contributed by atoms with Crippen LogP contribution in [0, 0.1) is 5.82 Å². The van der Waals surface area contributed by atoms with Gasteiger partial charge in [0.05, 0.1) is 26.5 Å². The lowest BCUT2D eigenvalue weighted by atomic mass is 10.1. The van der Waals surface area contributed by atoms with Gasteiger partial charge in [-0.05, 0) is 36.4 Å². The Hall–Kier alpha value is -1.59. The molecule has 2 aromatic carbocycles. The summed E-state index contributed by atoms with van der Waals surface area (Å²) in [6.45, 7) is 0. The number of hydrogen-bond acceptors (Lipinski definition) is 3. The van der Waals surface area contributed by atoms with E-state index in [1.54, 1.807) is 24.3 Å². The summed E-state index contributed by atoms with van der Waals surface area (Å²) in [7, 11) is -1.32. The number of rotatable bonds is 3. The molecule has 2 unspecified atom stereocenters. The topological polar surface area (TPSA) is 52.3 Å². The van der Waals surface area contributed by atoms with Crippen LogP contribution < -0.4 is 10.5 Å². The molecule has 3 rings (SSSR count). The summed E-state index contributed by atoms with van der Waals surface area (Å²) in [4.78, 5) is 0.502. The minimum Gasteiger partial charge on any atom is -0.489 e. The number of hydrogen-bond donors (Lipinski definition) is 1. The molecular formula is C15H13ClFNO2S. The van der Waals surface area contributed by atoms with Crippen molar-refractivity contribution < 1.29 is 13.3 Å². The van der Waals surface area contributed by atoms with Crippen molar-refractivity contribution in [2.24, 2.45) is 0 Å². The van der Waals surface area contributed by atoms with E-state index in [1.807, 2.05) is 0 Å². The predicted molar refractivity (Wildman–Crippen MR) is 81.7 cm³/mol. The zero-order valence-electron chi connectivity index (χ0n) is 11.0. The normalized spacial score (nSPS) is 18.1. The largest absolute Gasteiger partial charge is 0.489 e. The van der Waals surface area contributed by atoms with E-state index in [-0.39, 0.29) is 11.9 Å². The molecule has 0 aromatic heterocycles. The molecular weight excluding hydrogens is 313 g/mol. The molecule has 2 N–H and O–H groups in total. The first-order valence-corrected chi connectivity index (χ1v) is 8.11. The molecule has 0 spiro atoms. The van der Waals surface area contributed by atoms with Gasteiger partial charge in [-0.15, -0.1) is 0 Å². The lowest BCUT2D eigenvalue weighted by Crippen LogP contribution is -2.21. The van der Waals surface area contributed by atoms with E-state index in [9.17, 15) is 8.60 Å². The van der Waals surface area contributed by atoms with Crippen molar-refractivity contribution in [3.05, 3.63) is 52.8 Å². The number of anilines is 1. The maximum absolute atomic E-state index is 13.2. The smallest absolute Gasteiger partial charge is 0.123 e. The summed E-state index contributed by atoms with van der Waals surface area (Å²) in [6.07, 6.45) is 0.291. The summed E-state index contributed by atoms with van der Waals surface area (Å²) in [6, 6.07) is 9.30. The molecule has 0 fully saturated rings. The highest BCUT2D eigenvalue weighted by molar-refractivity contribution is 7.85. The molecule has 2 aromatic rings. The van der Waals surface area contributed by atoms with Crippen molar-refractivity contribution in [2.75, 3.05) is 11.5 Å².